The highest BCUT2D eigenvalue weighted by Gasteiger charge is 2.06. The van der Waals surface area contributed by atoms with Crippen molar-refractivity contribution in [2.45, 2.75) is 0 Å². The fourth-order valence-corrected chi connectivity index (χ4v) is 1.98. The topological polar surface area (TPSA) is 0 Å². The first-order valence-corrected chi connectivity index (χ1v) is 5.31. The van der Waals surface area contributed by atoms with E-state index in [0.29, 0.717) is 0 Å². The third-order valence-corrected chi connectivity index (χ3v) is 2.75. The van der Waals surface area contributed by atoms with Crippen molar-refractivity contribution in [2.75, 3.05) is 0 Å². The molecule has 2 aromatic carbocycles. The summed E-state index contributed by atoms with van der Waals surface area (Å²) in [4.78, 5) is 0. The smallest absolute Gasteiger partial charge is 0.00365 e. The lowest BCUT2D eigenvalue weighted by atomic mass is 9.94. The van der Waals surface area contributed by atoms with E-state index < -0.39 is 0 Å². The number of benzene rings is 2. The van der Waals surface area contributed by atoms with Crippen molar-refractivity contribution in [2.24, 2.45) is 0 Å². The average molecular weight is 202 g/mol. The van der Waals surface area contributed by atoms with Gasteiger partial charge in [0, 0.05) is 0 Å². The van der Waals surface area contributed by atoms with Gasteiger partial charge in [-0.1, -0.05) is 60.0 Å². The summed E-state index contributed by atoms with van der Waals surface area (Å²) in [6.07, 6.45) is 3.95. The zero-order valence-electron chi connectivity index (χ0n) is 8.77. The molecule has 0 unspecified atom stereocenters. The van der Waals surface area contributed by atoms with Crippen LogP contribution in [0.3, 0.4) is 0 Å². The highest BCUT2D eigenvalue weighted by molar-refractivity contribution is 5.82. The van der Waals surface area contributed by atoms with Gasteiger partial charge in [-0.3, -0.25) is 0 Å². The summed E-state index contributed by atoms with van der Waals surface area (Å²) in [6.45, 7) is 0. The first-order valence-electron chi connectivity index (χ1n) is 5.31. The second kappa shape index (κ2) is 3.72. The van der Waals surface area contributed by atoms with Crippen LogP contribution in [0.25, 0.3) is 23.3 Å². The van der Waals surface area contributed by atoms with Crippen LogP contribution in [0.15, 0.2) is 60.0 Å². The predicted octanol–water partition coefficient (Wildman–Crippen LogP) is 4.15. The molecule has 0 spiro atoms. The molecule has 3 rings (SSSR count). The maximum atomic E-state index is 3.05. The zero-order valence-corrected chi connectivity index (χ0v) is 8.77. The van der Waals surface area contributed by atoms with Gasteiger partial charge in [0.15, 0.2) is 0 Å². The highest BCUT2D eigenvalue weighted by Crippen LogP contribution is 2.29. The molecular weight excluding hydrogens is 192 g/mol. The van der Waals surface area contributed by atoms with Crippen molar-refractivity contribution in [1.29, 1.82) is 0 Å². The van der Waals surface area contributed by atoms with E-state index >= 15 is 0 Å². The number of hydrogen-bond donors (Lipinski definition) is 0. The molecule has 0 heterocycles. The Balaban J connectivity index is 2.43. The van der Waals surface area contributed by atoms with Gasteiger partial charge in [-0.25, -0.2) is 0 Å². The van der Waals surface area contributed by atoms with E-state index in [2.05, 4.69) is 47.9 Å². The lowest BCUT2D eigenvalue weighted by Crippen LogP contribution is -1.86. The van der Waals surface area contributed by atoms with E-state index in [1.54, 1.807) is 0 Å². The minimum atomic E-state index is 1.19. The van der Waals surface area contributed by atoms with E-state index in [9.17, 15) is 0 Å². The quantitative estimate of drug-likeness (QED) is 0.480. The van der Waals surface area contributed by atoms with Crippen LogP contribution in [-0.4, -0.2) is 0 Å². The summed E-state index contributed by atoms with van der Waals surface area (Å²) in [5.41, 5.74) is 11.0. The van der Waals surface area contributed by atoms with Crippen LogP contribution >= 0.6 is 0 Å². The Hall–Kier alpha value is -2.26. The first-order chi connectivity index (χ1) is 7.95. The van der Waals surface area contributed by atoms with Crippen LogP contribution in [0.5, 0.6) is 0 Å². The fraction of sp³-hybridized carbons (Fsp3) is 0. The van der Waals surface area contributed by atoms with Crippen LogP contribution in [-0.2, 0) is 0 Å². The Morgan fingerprint density at radius 2 is 1.00 bits per heavy atom. The molecule has 0 saturated heterocycles. The molecule has 0 N–H and O–H groups in total. The first kappa shape index (κ1) is 9.00. The number of fused-ring (bicyclic) bond motifs is 3. The summed E-state index contributed by atoms with van der Waals surface area (Å²) in [5.74, 6) is 0. The molecule has 0 heteroatoms. The maximum absolute atomic E-state index is 3.05. The van der Waals surface area contributed by atoms with Crippen molar-refractivity contribution < 1.29 is 0 Å². The normalized spacial score (nSPS) is 11.5. The largest absolute Gasteiger partial charge is 0.0696 e. The molecule has 16 heavy (non-hydrogen) atoms. The van der Waals surface area contributed by atoms with Gasteiger partial charge in [-0.15, -0.1) is 0 Å². The van der Waals surface area contributed by atoms with Gasteiger partial charge in [-0.05, 0) is 34.4 Å². The fourth-order valence-electron chi connectivity index (χ4n) is 1.98. The Kier molecular flexibility index (Phi) is 2.09. The summed E-state index contributed by atoms with van der Waals surface area (Å²) < 4.78 is 0. The molecule has 0 aromatic heterocycles. The van der Waals surface area contributed by atoms with Crippen molar-refractivity contribution in [3.8, 4) is 11.1 Å². The second-order valence-electron chi connectivity index (χ2n) is 3.75. The number of rotatable bonds is 0. The standard InChI is InChI=1S/C16H10/c1-2-8-14-10-4-6-12-16(14)15-11-5-3-9-13(15)7-1/h3-12H. The molecule has 0 bridgehead atoms. The molecule has 0 amide bonds. The summed E-state index contributed by atoms with van der Waals surface area (Å²) in [5, 5.41) is 0. The molecule has 2 aromatic rings. The maximum Gasteiger partial charge on any atom is -0.00365 e. The van der Waals surface area contributed by atoms with E-state index in [1.807, 2.05) is 24.3 Å². The third kappa shape index (κ3) is 1.43. The molecule has 0 radical (unpaired) electrons. The van der Waals surface area contributed by atoms with Crippen LogP contribution in [0, 0.1) is 0 Å². The predicted molar refractivity (Wildman–Crippen MR) is 67.8 cm³/mol. The van der Waals surface area contributed by atoms with Gasteiger partial charge in [0.05, 0.1) is 0 Å². The van der Waals surface area contributed by atoms with Crippen LogP contribution in [0.2, 0.25) is 0 Å². The van der Waals surface area contributed by atoms with Crippen LogP contribution in [0.1, 0.15) is 11.1 Å². The highest BCUT2D eigenvalue weighted by atomic mass is 14.1. The summed E-state index contributed by atoms with van der Waals surface area (Å²) >= 11 is 0. The van der Waals surface area contributed by atoms with Crippen molar-refractivity contribution in [3.05, 3.63) is 71.1 Å². The Morgan fingerprint density at radius 1 is 0.562 bits per heavy atom. The van der Waals surface area contributed by atoms with Gasteiger partial charge in [0.2, 0.25) is 0 Å². The monoisotopic (exact) mass is 202 g/mol. The molecule has 0 nitrogen and oxygen atoms in total. The summed E-state index contributed by atoms with van der Waals surface area (Å²) in [6, 6.07) is 16.7. The van der Waals surface area contributed by atoms with Gasteiger partial charge in [-0.2, -0.15) is 0 Å². The molecule has 0 aliphatic heterocycles. The average Bonchev–Trinajstić information content (AvgIpc) is 2.33. The van der Waals surface area contributed by atoms with Crippen LogP contribution < -0.4 is 0 Å². The Labute approximate surface area is 94.9 Å². The minimum absolute atomic E-state index is 1.19. The van der Waals surface area contributed by atoms with Crippen molar-refractivity contribution >= 4 is 12.2 Å². The van der Waals surface area contributed by atoms with E-state index in [-0.39, 0.29) is 0 Å². The molecule has 1 aliphatic rings. The SMILES string of the molecule is C1=C=Cc2ccccc2-c2ccccc2C=1. The molecule has 1 aliphatic carbocycles. The van der Waals surface area contributed by atoms with Gasteiger partial charge >= 0.3 is 0 Å². The molecular formula is C16H10. The van der Waals surface area contributed by atoms with Gasteiger partial charge < -0.3 is 0 Å². The third-order valence-electron chi connectivity index (χ3n) is 2.75. The van der Waals surface area contributed by atoms with Crippen LogP contribution in [0.4, 0.5) is 0 Å². The Bertz CT molecular complexity index is 577. The van der Waals surface area contributed by atoms with E-state index in [1.165, 1.54) is 22.3 Å². The van der Waals surface area contributed by atoms with E-state index in [0.717, 1.165) is 0 Å². The molecule has 0 saturated carbocycles. The number of hydrogen-bond acceptors (Lipinski definition) is 0. The lowest BCUT2D eigenvalue weighted by molar-refractivity contribution is 1.57. The second-order valence-corrected chi connectivity index (χ2v) is 3.75. The lowest BCUT2D eigenvalue weighted by Gasteiger charge is -2.09. The molecule has 0 atom stereocenters. The van der Waals surface area contributed by atoms with Crippen molar-refractivity contribution in [3.63, 3.8) is 0 Å². The van der Waals surface area contributed by atoms with E-state index in [4.69, 9.17) is 0 Å². The van der Waals surface area contributed by atoms with Crippen molar-refractivity contribution in [1.82, 2.24) is 0 Å². The Morgan fingerprint density at radius 3 is 1.50 bits per heavy atom. The molecule has 74 valence electrons. The van der Waals surface area contributed by atoms with Gasteiger partial charge in [0.25, 0.3) is 0 Å². The van der Waals surface area contributed by atoms with Gasteiger partial charge in [0.1, 0.15) is 0 Å². The molecule has 0 fully saturated rings. The zero-order chi connectivity index (χ0) is 10.8. The summed E-state index contributed by atoms with van der Waals surface area (Å²) in [7, 11) is 0. The minimum Gasteiger partial charge on any atom is -0.0696 e.